The molecule has 8 nitrogen and oxygen atoms in total. The third-order valence-electron chi connectivity index (χ3n) is 5.50. The number of aromatic nitrogens is 1. The normalized spacial score (nSPS) is 11.7. The fourth-order valence-electron chi connectivity index (χ4n) is 3.68. The number of carbonyl (C=O) groups is 1. The van der Waals surface area contributed by atoms with Crippen LogP contribution in [0.15, 0.2) is 79.0 Å². The molecule has 0 bridgehead atoms. The molecule has 182 valence electrons. The molecule has 0 spiro atoms. The van der Waals surface area contributed by atoms with Crippen LogP contribution >= 0.6 is 0 Å². The molecule has 0 radical (unpaired) electrons. The third kappa shape index (κ3) is 6.99. The summed E-state index contributed by atoms with van der Waals surface area (Å²) in [4.78, 5) is 15.4. The van der Waals surface area contributed by atoms with Crippen LogP contribution in [0.5, 0.6) is 11.5 Å². The first kappa shape index (κ1) is 24.1. The second-order valence-corrected chi connectivity index (χ2v) is 8.12. The smallest absolute Gasteiger partial charge is 0.323 e. The number of carbonyl (C=O) groups excluding carboxylic acids is 1. The van der Waals surface area contributed by atoms with E-state index in [4.69, 9.17) is 9.47 Å². The van der Waals surface area contributed by atoms with E-state index in [2.05, 4.69) is 20.9 Å². The second kappa shape index (κ2) is 11.9. The monoisotopic (exact) mass is 474 g/mol. The number of aliphatic hydroxyl groups is 1. The molecule has 0 aliphatic rings. The molecule has 2 amide bonds. The van der Waals surface area contributed by atoms with E-state index in [-0.39, 0.29) is 12.6 Å². The van der Waals surface area contributed by atoms with Crippen LogP contribution in [-0.4, -0.2) is 49.0 Å². The molecule has 35 heavy (non-hydrogen) atoms. The highest BCUT2D eigenvalue weighted by atomic mass is 16.5. The van der Waals surface area contributed by atoms with Crippen LogP contribution in [0, 0.1) is 0 Å². The molecule has 0 saturated heterocycles. The lowest BCUT2D eigenvalue weighted by molar-refractivity contribution is 0.107. The minimum atomic E-state index is -0.612. The number of ether oxygens (including phenoxy) is 2. The van der Waals surface area contributed by atoms with Crippen LogP contribution in [-0.2, 0) is 6.42 Å². The minimum Gasteiger partial charge on any atom is -0.497 e. The number of aliphatic hydroxyl groups excluding tert-OH is 1. The lowest BCUT2D eigenvalue weighted by Crippen LogP contribution is -2.32. The zero-order chi connectivity index (χ0) is 24.5. The lowest BCUT2D eigenvalue weighted by Gasteiger charge is -2.14. The Balaban J connectivity index is 1.14. The van der Waals surface area contributed by atoms with Gasteiger partial charge >= 0.3 is 6.03 Å². The standard InChI is InChI=1S/C27H30N4O4/c1-34-23-5-2-4-21(16-23)31-27(33)30-20-10-8-19(9-11-20)12-14-28-17-22(32)18-35-26-7-3-6-25-24(26)13-15-29-25/h2-11,13,15-16,22,28-29,32H,12,14,17-18H2,1H3,(H2,30,31,33)/t22-/m0/s1. The number of rotatable bonds is 11. The van der Waals surface area contributed by atoms with Crippen LogP contribution in [0.4, 0.5) is 16.2 Å². The predicted octanol–water partition coefficient (Wildman–Crippen LogP) is 4.39. The van der Waals surface area contributed by atoms with Gasteiger partial charge in [-0.2, -0.15) is 0 Å². The van der Waals surface area contributed by atoms with E-state index < -0.39 is 6.10 Å². The summed E-state index contributed by atoms with van der Waals surface area (Å²) in [5, 5.41) is 20.1. The van der Waals surface area contributed by atoms with Crippen molar-refractivity contribution in [2.45, 2.75) is 12.5 Å². The van der Waals surface area contributed by atoms with Gasteiger partial charge in [-0.15, -0.1) is 0 Å². The molecular weight excluding hydrogens is 444 g/mol. The molecule has 1 atom stereocenters. The molecule has 3 aromatic carbocycles. The van der Waals surface area contributed by atoms with Crippen molar-refractivity contribution in [3.8, 4) is 11.5 Å². The van der Waals surface area contributed by atoms with Crippen molar-refractivity contribution < 1.29 is 19.4 Å². The summed E-state index contributed by atoms with van der Waals surface area (Å²) in [6, 6.07) is 22.3. The number of amides is 2. The van der Waals surface area contributed by atoms with Crippen molar-refractivity contribution in [3.63, 3.8) is 0 Å². The Morgan fingerprint density at radius 3 is 2.63 bits per heavy atom. The summed E-state index contributed by atoms with van der Waals surface area (Å²) in [5.74, 6) is 1.43. The van der Waals surface area contributed by atoms with Gasteiger partial charge < -0.3 is 35.5 Å². The molecule has 0 fully saturated rings. The fourth-order valence-corrected chi connectivity index (χ4v) is 3.68. The molecule has 5 N–H and O–H groups in total. The number of nitrogens with one attached hydrogen (secondary N) is 4. The molecule has 4 aromatic rings. The Bertz CT molecular complexity index is 1240. The van der Waals surface area contributed by atoms with Crippen LogP contribution < -0.4 is 25.4 Å². The van der Waals surface area contributed by atoms with Crippen LogP contribution in [0.25, 0.3) is 10.9 Å². The SMILES string of the molecule is COc1cccc(NC(=O)Nc2ccc(CCNC[C@H](O)COc3cccc4[nH]ccc34)cc2)c1. The topological polar surface area (TPSA) is 108 Å². The van der Waals surface area contributed by atoms with Crippen molar-refractivity contribution in [1.82, 2.24) is 10.3 Å². The minimum absolute atomic E-state index is 0.218. The quantitative estimate of drug-likeness (QED) is 0.207. The van der Waals surface area contributed by atoms with E-state index in [0.717, 1.165) is 28.6 Å². The zero-order valence-corrected chi connectivity index (χ0v) is 19.6. The fraction of sp³-hybridized carbons (Fsp3) is 0.222. The van der Waals surface area contributed by atoms with Gasteiger partial charge in [0.25, 0.3) is 0 Å². The largest absolute Gasteiger partial charge is 0.497 e. The van der Waals surface area contributed by atoms with Gasteiger partial charge in [-0.05, 0) is 61.0 Å². The number of methoxy groups -OCH3 is 1. The number of benzene rings is 3. The molecule has 0 saturated carbocycles. The average Bonchev–Trinajstić information content (AvgIpc) is 3.36. The summed E-state index contributed by atoms with van der Waals surface area (Å²) >= 11 is 0. The summed E-state index contributed by atoms with van der Waals surface area (Å²) in [7, 11) is 1.58. The Morgan fingerprint density at radius 2 is 1.80 bits per heavy atom. The third-order valence-corrected chi connectivity index (χ3v) is 5.50. The molecule has 4 rings (SSSR count). The van der Waals surface area contributed by atoms with E-state index in [1.165, 1.54) is 0 Å². The molecular formula is C27H30N4O4. The second-order valence-electron chi connectivity index (χ2n) is 8.12. The molecule has 1 aromatic heterocycles. The highest BCUT2D eigenvalue weighted by molar-refractivity contribution is 5.99. The predicted molar refractivity (Wildman–Crippen MR) is 138 cm³/mol. The van der Waals surface area contributed by atoms with Gasteiger partial charge in [-0.25, -0.2) is 4.79 Å². The lowest BCUT2D eigenvalue weighted by atomic mass is 10.1. The summed E-state index contributed by atoms with van der Waals surface area (Å²) in [6.07, 6.45) is 2.06. The number of H-pyrrole nitrogens is 1. The maximum absolute atomic E-state index is 12.2. The molecule has 0 unspecified atom stereocenters. The first-order chi connectivity index (χ1) is 17.1. The Hall–Kier alpha value is -4.01. The maximum atomic E-state index is 12.2. The van der Waals surface area contributed by atoms with Crippen molar-refractivity contribution in [1.29, 1.82) is 0 Å². The van der Waals surface area contributed by atoms with E-state index >= 15 is 0 Å². The van der Waals surface area contributed by atoms with Gasteiger partial charge in [-0.3, -0.25) is 0 Å². The molecule has 0 aliphatic carbocycles. The highest BCUT2D eigenvalue weighted by Gasteiger charge is 2.08. The number of anilines is 2. The van der Waals surface area contributed by atoms with Gasteiger partial charge in [-0.1, -0.05) is 24.3 Å². The Labute approximate surface area is 204 Å². The van der Waals surface area contributed by atoms with Crippen LogP contribution in [0.2, 0.25) is 0 Å². The molecule has 8 heteroatoms. The zero-order valence-electron chi connectivity index (χ0n) is 19.6. The maximum Gasteiger partial charge on any atom is 0.323 e. The first-order valence-corrected chi connectivity index (χ1v) is 11.5. The number of aromatic amines is 1. The summed E-state index contributed by atoms with van der Waals surface area (Å²) in [5.41, 5.74) is 3.49. The Kier molecular flexibility index (Phi) is 8.21. The summed E-state index contributed by atoms with van der Waals surface area (Å²) < 4.78 is 11.0. The van der Waals surface area contributed by atoms with Gasteiger partial charge in [0.15, 0.2) is 0 Å². The van der Waals surface area contributed by atoms with Crippen LogP contribution in [0.1, 0.15) is 5.56 Å². The van der Waals surface area contributed by atoms with E-state index in [1.54, 1.807) is 19.2 Å². The van der Waals surface area contributed by atoms with E-state index in [1.807, 2.05) is 66.9 Å². The number of hydrogen-bond donors (Lipinski definition) is 5. The average molecular weight is 475 g/mol. The Morgan fingerprint density at radius 1 is 1.00 bits per heavy atom. The van der Waals surface area contributed by atoms with Crippen molar-refractivity contribution >= 4 is 28.3 Å². The van der Waals surface area contributed by atoms with Crippen molar-refractivity contribution in [3.05, 3.63) is 84.6 Å². The number of hydrogen-bond acceptors (Lipinski definition) is 5. The molecule has 1 heterocycles. The van der Waals surface area contributed by atoms with E-state index in [0.29, 0.717) is 30.2 Å². The van der Waals surface area contributed by atoms with E-state index in [9.17, 15) is 9.90 Å². The van der Waals surface area contributed by atoms with Gasteiger partial charge in [0.2, 0.25) is 0 Å². The molecule has 0 aliphatic heterocycles. The number of fused-ring (bicyclic) bond motifs is 1. The summed E-state index contributed by atoms with van der Waals surface area (Å²) in [6.45, 7) is 1.37. The number of urea groups is 1. The van der Waals surface area contributed by atoms with Gasteiger partial charge in [0.05, 0.1) is 7.11 Å². The van der Waals surface area contributed by atoms with Gasteiger partial charge in [0, 0.05) is 41.1 Å². The van der Waals surface area contributed by atoms with Crippen molar-refractivity contribution in [2.24, 2.45) is 0 Å². The van der Waals surface area contributed by atoms with Gasteiger partial charge in [0.1, 0.15) is 24.2 Å². The first-order valence-electron chi connectivity index (χ1n) is 11.5. The highest BCUT2D eigenvalue weighted by Crippen LogP contribution is 2.24. The van der Waals surface area contributed by atoms with Crippen LogP contribution in [0.3, 0.4) is 0 Å². The van der Waals surface area contributed by atoms with Crippen molar-refractivity contribution in [2.75, 3.05) is 37.4 Å².